The van der Waals surface area contributed by atoms with Crippen molar-refractivity contribution in [1.82, 2.24) is 19.7 Å². The third kappa shape index (κ3) is 1.99. The van der Waals surface area contributed by atoms with Crippen molar-refractivity contribution in [2.45, 2.75) is 0 Å². The van der Waals surface area contributed by atoms with E-state index in [0.717, 1.165) is 4.47 Å². The van der Waals surface area contributed by atoms with Crippen LogP contribution in [0.2, 0.25) is 0 Å². The van der Waals surface area contributed by atoms with Crippen molar-refractivity contribution in [1.29, 1.82) is 0 Å². The van der Waals surface area contributed by atoms with Gasteiger partial charge in [0.05, 0.1) is 23.1 Å². The van der Waals surface area contributed by atoms with E-state index in [1.165, 1.54) is 10.9 Å². The number of primary amides is 1. The maximum Gasteiger partial charge on any atom is 0.271 e. The van der Waals surface area contributed by atoms with Crippen LogP contribution in [0, 0.1) is 0 Å². The van der Waals surface area contributed by atoms with E-state index < -0.39 is 5.91 Å². The molecule has 0 unspecified atom stereocenters. The minimum atomic E-state index is -0.671. The Kier molecular flexibility index (Phi) is 2.87. The summed E-state index contributed by atoms with van der Waals surface area (Å²) in [5.41, 5.74) is 13.2. The van der Waals surface area contributed by atoms with E-state index >= 15 is 0 Å². The molecule has 0 saturated heterocycles. The third-order valence-corrected chi connectivity index (χ3v) is 3.18. The second-order valence-electron chi connectivity index (χ2n) is 4.09. The van der Waals surface area contributed by atoms with E-state index in [1.807, 2.05) is 6.07 Å². The minimum Gasteiger partial charge on any atom is -0.396 e. The van der Waals surface area contributed by atoms with Gasteiger partial charge in [0.25, 0.3) is 5.91 Å². The van der Waals surface area contributed by atoms with Gasteiger partial charge < -0.3 is 11.5 Å². The molecule has 0 bridgehead atoms. The maximum absolute atomic E-state index is 11.2. The van der Waals surface area contributed by atoms with Crippen LogP contribution in [0.25, 0.3) is 16.7 Å². The largest absolute Gasteiger partial charge is 0.396 e. The van der Waals surface area contributed by atoms with Crippen LogP contribution in [0.5, 0.6) is 0 Å². The van der Waals surface area contributed by atoms with Crippen molar-refractivity contribution >= 4 is 38.6 Å². The molecule has 3 aromatic heterocycles. The van der Waals surface area contributed by atoms with Crippen LogP contribution in [-0.2, 0) is 0 Å². The fraction of sp³-hybridized carbons (Fsp3) is 0. The van der Waals surface area contributed by atoms with E-state index in [4.69, 9.17) is 11.5 Å². The quantitative estimate of drug-likeness (QED) is 0.733. The first-order chi connectivity index (χ1) is 9.56. The van der Waals surface area contributed by atoms with Crippen molar-refractivity contribution in [3.05, 3.63) is 40.9 Å². The number of hydrogen-bond acceptors (Lipinski definition) is 5. The van der Waals surface area contributed by atoms with Crippen LogP contribution in [0.3, 0.4) is 0 Å². The van der Waals surface area contributed by atoms with Crippen LogP contribution in [0.15, 0.2) is 35.2 Å². The summed E-state index contributed by atoms with van der Waals surface area (Å²) in [6.45, 7) is 0. The second-order valence-corrected chi connectivity index (χ2v) is 5.01. The molecule has 0 aliphatic rings. The van der Waals surface area contributed by atoms with Gasteiger partial charge in [-0.25, -0.2) is 4.68 Å². The Morgan fingerprint density at radius 2 is 2.15 bits per heavy atom. The molecule has 3 heterocycles. The van der Waals surface area contributed by atoms with E-state index in [0.29, 0.717) is 16.7 Å². The number of nitrogens with zero attached hydrogens (tertiary/aromatic N) is 4. The normalized spacial score (nSPS) is 10.8. The monoisotopic (exact) mass is 332 g/mol. The summed E-state index contributed by atoms with van der Waals surface area (Å²) in [5.74, 6) is -0.671. The number of nitrogens with two attached hydrogens (primary N) is 2. The van der Waals surface area contributed by atoms with Gasteiger partial charge in [-0.05, 0) is 28.1 Å². The zero-order valence-electron chi connectivity index (χ0n) is 10.1. The summed E-state index contributed by atoms with van der Waals surface area (Å²) in [6, 6.07) is 3.58. The molecule has 3 rings (SSSR count). The van der Waals surface area contributed by atoms with Gasteiger partial charge >= 0.3 is 0 Å². The number of carbonyl (C=O) groups excluding carboxylic acids is 1. The molecule has 0 spiro atoms. The van der Waals surface area contributed by atoms with Gasteiger partial charge in [-0.15, -0.1) is 0 Å². The van der Waals surface area contributed by atoms with Crippen molar-refractivity contribution < 1.29 is 4.79 Å². The highest BCUT2D eigenvalue weighted by atomic mass is 79.9. The average molecular weight is 333 g/mol. The number of aromatic nitrogens is 4. The number of fused-ring (bicyclic) bond motifs is 1. The van der Waals surface area contributed by atoms with Crippen molar-refractivity contribution in [3.8, 4) is 5.69 Å². The van der Waals surface area contributed by atoms with Crippen molar-refractivity contribution in [2.24, 2.45) is 5.73 Å². The van der Waals surface area contributed by atoms with Crippen LogP contribution in [-0.4, -0.2) is 25.7 Å². The number of halogens is 1. The minimum absolute atomic E-state index is 0.0343. The van der Waals surface area contributed by atoms with E-state index in [1.54, 1.807) is 18.5 Å². The number of anilines is 1. The molecular formula is C12H9BrN6O. The standard InChI is InChI=1S/C12H9BrN6O/c13-6-3-8-11(17-4-6)9(1-2-16-8)19-5-7(14)10(18-19)12(15)20/h1-5H,14H2,(H2,15,20). The van der Waals surface area contributed by atoms with Gasteiger partial charge in [0.15, 0.2) is 5.69 Å². The summed E-state index contributed by atoms with van der Waals surface area (Å²) >= 11 is 3.34. The molecule has 7 nitrogen and oxygen atoms in total. The number of hydrogen-bond donors (Lipinski definition) is 2. The fourth-order valence-corrected chi connectivity index (χ4v) is 2.20. The lowest BCUT2D eigenvalue weighted by atomic mass is 10.3. The molecule has 0 saturated carbocycles. The maximum atomic E-state index is 11.2. The first-order valence-electron chi connectivity index (χ1n) is 5.62. The number of carbonyl (C=O) groups is 1. The predicted octanol–water partition coefficient (Wildman–Crippen LogP) is 1.26. The summed E-state index contributed by atoms with van der Waals surface area (Å²) in [7, 11) is 0. The Bertz CT molecular complexity index is 828. The van der Waals surface area contributed by atoms with Gasteiger partial charge in [0.1, 0.15) is 5.52 Å². The lowest BCUT2D eigenvalue weighted by molar-refractivity contribution is 0.0996. The van der Waals surface area contributed by atoms with E-state index in [2.05, 4.69) is 31.0 Å². The lowest BCUT2D eigenvalue weighted by Crippen LogP contribution is -2.14. The van der Waals surface area contributed by atoms with Gasteiger partial charge in [0.2, 0.25) is 0 Å². The van der Waals surface area contributed by atoms with Gasteiger partial charge in [0, 0.05) is 16.9 Å². The molecule has 0 aliphatic heterocycles. The molecule has 8 heteroatoms. The van der Waals surface area contributed by atoms with Crippen LogP contribution in [0.4, 0.5) is 5.69 Å². The molecular weight excluding hydrogens is 324 g/mol. The van der Waals surface area contributed by atoms with Gasteiger partial charge in [-0.3, -0.25) is 14.8 Å². The highest BCUT2D eigenvalue weighted by molar-refractivity contribution is 9.10. The second kappa shape index (κ2) is 4.57. The summed E-state index contributed by atoms with van der Waals surface area (Å²) in [5, 5.41) is 4.09. The summed E-state index contributed by atoms with van der Waals surface area (Å²) < 4.78 is 2.30. The molecule has 0 radical (unpaired) electrons. The van der Waals surface area contributed by atoms with E-state index in [9.17, 15) is 4.79 Å². The highest BCUT2D eigenvalue weighted by Gasteiger charge is 2.14. The number of pyridine rings is 2. The Labute approximate surface area is 121 Å². The predicted molar refractivity (Wildman–Crippen MR) is 77.3 cm³/mol. The fourth-order valence-electron chi connectivity index (χ4n) is 1.88. The smallest absolute Gasteiger partial charge is 0.271 e. The average Bonchev–Trinajstić information content (AvgIpc) is 2.79. The van der Waals surface area contributed by atoms with E-state index in [-0.39, 0.29) is 11.4 Å². The molecule has 1 amide bonds. The van der Waals surface area contributed by atoms with Crippen molar-refractivity contribution in [3.63, 3.8) is 0 Å². The molecule has 100 valence electrons. The molecule has 3 aromatic rings. The SMILES string of the molecule is NC(=O)c1nn(-c2ccnc3cc(Br)cnc23)cc1N. The molecule has 20 heavy (non-hydrogen) atoms. The topological polar surface area (TPSA) is 113 Å². The van der Waals surface area contributed by atoms with Gasteiger partial charge in [-0.2, -0.15) is 5.10 Å². The molecule has 0 aliphatic carbocycles. The molecule has 4 N–H and O–H groups in total. The Morgan fingerprint density at radius 3 is 2.85 bits per heavy atom. The zero-order chi connectivity index (χ0) is 14.3. The number of amides is 1. The summed E-state index contributed by atoms with van der Waals surface area (Å²) in [4.78, 5) is 19.8. The van der Waals surface area contributed by atoms with Crippen molar-refractivity contribution in [2.75, 3.05) is 5.73 Å². The first-order valence-corrected chi connectivity index (χ1v) is 6.41. The first kappa shape index (κ1) is 12.5. The van der Waals surface area contributed by atoms with Crippen LogP contribution in [0.1, 0.15) is 10.5 Å². The summed E-state index contributed by atoms with van der Waals surface area (Å²) in [6.07, 6.45) is 4.82. The molecule has 0 fully saturated rings. The van der Waals surface area contributed by atoms with Crippen LogP contribution >= 0.6 is 15.9 Å². The lowest BCUT2D eigenvalue weighted by Gasteiger charge is -2.05. The Morgan fingerprint density at radius 1 is 1.35 bits per heavy atom. The van der Waals surface area contributed by atoms with Crippen LogP contribution < -0.4 is 11.5 Å². The third-order valence-electron chi connectivity index (χ3n) is 2.75. The zero-order valence-corrected chi connectivity index (χ0v) is 11.7. The Hall–Kier alpha value is -2.48. The highest BCUT2D eigenvalue weighted by Crippen LogP contribution is 2.22. The Balaban J connectivity index is 2.24. The van der Waals surface area contributed by atoms with Gasteiger partial charge in [-0.1, -0.05) is 0 Å². The number of nitrogen functional groups attached to an aromatic ring is 1. The molecule has 0 aromatic carbocycles. The number of rotatable bonds is 2. The molecule has 0 atom stereocenters.